The maximum atomic E-state index is 13.1. The van der Waals surface area contributed by atoms with E-state index in [2.05, 4.69) is 21.1 Å². The fourth-order valence-corrected chi connectivity index (χ4v) is 8.26. The number of esters is 2. The summed E-state index contributed by atoms with van der Waals surface area (Å²) in [5.41, 5.74) is 0. The van der Waals surface area contributed by atoms with Gasteiger partial charge in [0.25, 0.3) is 0 Å². The van der Waals surface area contributed by atoms with Crippen LogP contribution in [0.4, 0.5) is 0 Å². The molecule has 4 rings (SSSR count). The first-order valence-electron chi connectivity index (χ1n) is 23.6. The highest BCUT2D eigenvalue weighted by atomic mass is 35.5. The number of amides is 2. The Morgan fingerprint density at radius 1 is 0.587 bits per heavy atom. The number of carbonyl (C=O) groups excluding carboxylic acids is 4. The van der Waals surface area contributed by atoms with Gasteiger partial charge in [-0.3, -0.25) is 14.4 Å². The third kappa shape index (κ3) is 26.2. The van der Waals surface area contributed by atoms with Crippen LogP contribution < -0.4 is 40.0 Å². The quantitative estimate of drug-likeness (QED) is 0.0134. The van der Waals surface area contributed by atoms with E-state index in [1.165, 1.54) is 31.8 Å². The number of aliphatic carboxylic acids is 1. The Labute approximate surface area is 475 Å². The van der Waals surface area contributed by atoms with Crippen molar-refractivity contribution in [2.24, 2.45) is 17.8 Å². The number of halogens is 6. The summed E-state index contributed by atoms with van der Waals surface area (Å²) in [4.78, 5) is 60.1. The predicted molar refractivity (Wildman–Crippen MR) is 305 cm³/mol. The number of carboxylic acid groups (broad SMARTS) is 1. The molecule has 4 unspecified atom stereocenters. The van der Waals surface area contributed by atoms with E-state index in [1.54, 1.807) is 66.4 Å². The zero-order valence-corrected chi connectivity index (χ0v) is 48.3. The molecule has 0 heterocycles. The summed E-state index contributed by atoms with van der Waals surface area (Å²) in [6.07, 6.45) is 4.13. The zero-order valence-electron chi connectivity index (χ0n) is 42.9. The molecule has 0 aliphatic rings. The smallest absolute Gasteiger partial charge is 0.374 e. The highest BCUT2D eigenvalue weighted by Crippen LogP contribution is 2.39. The van der Waals surface area contributed by atoms with Gasteiger partial charge in [-0.15, -0.1) is 0 Å². The van der Waals surface area contributed by atoms with Crippen molar-refractivity contribution in [3.8, 4) is 34.5 Å². The van der Waals surface area contributed by atoms with Gasteiger partial charge in [0.15, 0.2) is 23.0 Å². The minimum Gasteiger partial charge on any atom is -0.480 e. The Morgan fingerprint density at radius 3 is 1.33 bits per heavy atom. The molecule has 0 aromatic heterocycles. The first-order chi connectivity index (χ1) is 35.2. The lowest BCUT2D eigenvalue weighted by Crippen LogP contribution is -2.51. The SMILES string of the molecule is CB(O)NC(CC(C)C)C(=O)O.CB(O)NC(CC(C)C)C(=O)Oc1cc(Cl)ccc1Oc1ccc(Cl)cc1Cl.CSCCC(NC=O)C(=O)NC(CC(C)C)C(=O)Oc1cc(Cl)ccc1Oc1ccc(Cl)cc1Cl.[HH]. The number of thioether (sulfide) groups is 1. The number of hydrogen-bond acceptors (Lipinski definition) is 14. The van der Waals surface area contributed by atoms with E-state index >= 15 is 0 Å². The third-order valence-electron chi connectivity index (χ3n) is 9.85. The van der Waals surface area contributed by atoms with E-state index in [-0.39, 0.29) is 41.3 Å². The lowest BCUT2D eigenvalue weighted by atomic mass is 9.86. The molecule has 0 aliphatic heterocycles. The van der Waals surface area contributed by atoms with Gasteiger partial charge in [-0.05, 0) is 130 Å². The van der Waals surface area contributed by atoms with Crippen molar-refractivity contribution in [2.75, 3.05) is 12.0 Å². The number of ether oxygens (including phenoxy) is 4. The molecule has 4 atom stereocenters. The largest absolute Gasteiger partial charge is 0.480 e. The zero-order chi connectivity index (χ0) is 56.5. The van der Waals surface area contributed by atoms with Crippen LogP contribution in [0.15, 0.2) is 72.8 Å². The van der Waals surface area contributed by atoms with Crippen LogP contribution in [0.25, 0.3) is 0 Å². The molecule has 4 aromatic rings. The van der Waals surface area contributed by atoms with Crippen LogP contribution in [-0.2, 0) is 24.0 Å². The summed E-state index contributed by atoms with van der Waals surface area (Å²) in [5, 5.41) is 40.0. The van der Waals surface area contributed by atoms with Gasteiger partial charge in [-0.25, -0.2) is 9.59 Å². The number of benzene rings is 4. The van der Waals surface area contributed by atoms with Gasteiger partial charge in [0.05, 0.1) is 22.1 Å². The molecule has 0 saturated carbocycles. The third-order valence-corrected chi connectivity index (χ3v) is 12.0. The summed E-state index contributed by atoms with van der Waals surface area (Å²) in [5.74, 6) is -0.0619. The number of carboxylic acids is 1. The molecule has 0 fully saturated rings. The highest BCUT2D eigenvalue weighted by Gasteiger charge is 2.29. The van der Waals surface area contributed by atoms with Crippen molar-refractivity contribution < 1.29 is 59.5 Å². The molecule has 2 amide bonds. The Morgan fingerprint density at radius 2 is 0.960 bits per heavy atom. The van der Waals surface area contributed by atoms with Crippen LogP contribution in [0.3, 0.4) is 0 Å². The number of hydrogen-bond donors (Lipinski definition) is 7. The number of nitrogens with one attached hydrogen (secondary N) is 4. The Bertz CT molecular complexity index is 2470. The fraction of sp³-hybridized carbons (Fsp3) is 0.420. The first kappa shape index (κ1) is 67.0. The van der Waals surface area contributed by atoms with Gasteiger partial charge >= 0.3 is 32.0 Å². The first-order valence-corrected chi connectivity index (χ1v) is 27.3. The van der Waals surface area contributed by atoms with Crippen LogP contribution in [0, 0.1) is 17.8 Å². The molecule has 0 bridgehead atoms. The van der Waals surface area contributed by atoms with Crippen molar-refractivity contribution in [3.05, 3.63) is 103 Å². The van der Waals surface area contributed by atoms with E-state index in [0.29, 0.717) is 80.4 Å². The standard InChI is InChI=1S/C24H27Cl3N2O5S.C19H21BCl3NO4.C7H16BNO3.H2/c1-14(2)10-19(29-23(31)18(28-13-30)8-9-35-3)24(32)34-22-12-16(26)5-7-21(22)33-20-6-4-15(25)11-17(20)27;1-11(2)8-15(24-20(3)26)19(25)28-18-10-13(22)5-7-17(18)27-16-6-4-12(21)9-14(16)23;1-5(2)4-6(7(10)11)9-8(3)12;/h4-7,11-14,18-19H,8-10H2,1-3H3,(H,28,30)(H,29,31);4-7,9-11,15,24,26H,8H2,1-3H3;5-6,9,12H,4H2,1-3H3,(H,10,11);1H. The maximum Gasteiger partial charge on any atom is 0.374 e. The van der Waals surface area contributed by atoms with E-state index in [1.807, 2.05) is 47.8 Å². The molecule has 0 saturated heterocycles. The molecule has 75 heavy (non-hydrogen) atoms. The van der Waals surface area contributed by atoms with Gasteiger partial charge in [0, 0.05) is 33.6 Å². The molecule has 16 nitrogen and oxygen atoms in total. The van der Waals surface area contributed by atoms with Gasteiger partial charge in [-0.2, -0.15) is 11.8 Å². The van der Waals surface area contributed by atoms with E-state index < -0.39 is 62.1 Å². The number of rotatable bonds is 26. The predicted octanol–water partition coefficient (Wildman–Crippen LogP) is 11.6. The van der Waals surface area contributed by atoms with Gasteiger partial charge in [0.1, 0.15) is 23.6 Å². The molecule has 0 spiro atoms. The summed E-state index contributed by atoms with van der Waals surface area (Å²) < 4.78 is 22.8. The Kier molecular flexibility index (Phi) is 30.9. The molecule has 412 valence electrons. The maximum absolute atomic E-state index is 13.1. The molecule has 25 heteroatoms. The average molecular weight is 1180 g/mol. The van der Waals surface area contributed by atoms with Crippen molar-refractivity contribution in [2.45, 2.75) is 105 Å². The summed E-state index contributed by atoms with van der Waals surface area (Å²) in [6, 6.07) is 15.7. The lowest BCUT2D eigenvalue weighted by molar-refractivity contribution is -0.140. The summed E-state index contributed by atoms with van der Waals surface area (Å²) in [7, 11) is -1.64. The van der Waals surface area contributed by atoms with Crippen molar-refractivity contribution >= 4 is 126 Å². The average Bonchev–Trinajstić information content (AvgIpc) is 3.30. The van der Waals surface area contributed by atoms with E-state index in [0.717, 1.165) is 0 Å². The van der Waals surface area contributed by atoms with Crippen molar-refractivity contribution in [3.63, 3.8) is 0 Å². The van der Waals surface area contributed by atoms with Gasteiger partial charge < -0.3 is 55.2 Å². The monoisotopic (exact) mass is 1180 g/mol. The minimum absolute atomic E-state index is 0. The molecule has 0 radical (unpaired) electrons. The topological polar surface area (TPSA) is 231 Å². The van der Waals surface area contributed by atoms with Crippen molar-refractivity contribution in [1.29, 1.82) is 0 Å². The second-order valence-corrected chi connectivity index (χ2v) is 21.6. The van der Waals surface area contributed by atoms with E-state index in [4.69, 9.17) is 98.7 Å². The van der Waals surface area contributed by atoms with Gasteiger partial charge in [0.2, 0.25) is 12.3 Å². The fourth-order valence-electron chi connectivity index (χ4n) is 6.57. The van der Waals surface area contributed by atoms with Crippen LogP contribution >= 0.6 is 81.4 Å². The lowest BCUT2D eigenvalue weighted by Gasteiger charge is -2.23. The molecule has 0 aliphatic carbocycles. The second kappa shape index (κ2) is 34.6. The van der Waals surface area contributed by atoms with Crippen LogP contribution in [0.5, 0.6) is 34.5 Å². The molecule has 7 N–H and O–H groups in total. The highest BCUT2D eigenvalue weighted by molar-refractivity contribution is 7.98. The van der Waals surface area contributed by atoms with Crippen LogP contribution in [0.1, 0.15) is 68.7 Å². The Balaban J connectivity index is 0.000000629. The van der Waals surface area contributed by atoms with Crippen LogP contribution in [0.2, 0.25) is 43.8 Å². The normalized spacial score (nSPS) is 12.4. The van der Waals surface area contributed by atoms with Crippen LogP contribution in [-0.4, -0.2) is 95.7 Å². The molecular weight excluding hydrogens is 1110 g/mol. The van der Waals surface area contributed by atoms with Gasteiger partial charge in [-0.1, -0.05) is 111 Å². The second-order valence-electron chi connectivity index (χ2n) is 18.1. The summed E-state index contributed by atoms with van der Waals surface area (Å²) >= 11 is 37.9. The Hall–Kier alpha value is -4.11. The van der Waals surface area contributed by atoms with Crippen molar-refractivity contribution in [1.82, 2.24) is 21.1 Å². The summed E-state index contributed by atoms with van der Waals surface area (Å²) in [6.45, 7) is 14.7. The molecular formula is C50H66B2Cl6N4O12S. The number of carbonyl (C=O) groups is 5. The van der Waals surface area contributed by atoms with E-state index in [9.17, 15) is 29.0 Å². The molecule has 4 aromatic carbocycles. The minimum atomic E-state index is -0.960.